The van der Waals surface area contributed by atoms with Crippen LogP contribution in [0.3, 0.4) is 0 Å². The van der Waals surface area contributed by atoms with Gasteiger partial charge in [0.15, 0.2) is 0 Å². The van der Waals surface area contributed by atoms with E-state index in [0.717, 1.165) is 4.47 Å². The van der Waals surface area contributed by atoms with E-state index in [-0.39, 0.29) is 25.0 Å². The molecule has 0 aliphatic heterocycles. The average Bonchev–Trinajstić information content (AvgIpc) is 2.40. The molecule has 4 nitrogen and oxygen atoms in total. The van der Waals surface area contributed by atoms with Crippen molar-refractivity contribution in [3.8, 4) is 6.07 Å². The summed E-state index contributed by atoms with van der Waals surface area (Å²) in [5, 5.41) is 14.3. The Morgan fingerprint density at radius 2 is 2.10 bits per heavy atom. The fourth-order valence-electron chi connectivity index (χ4n) is 2.40. The second kappa shape index (κ2) is 7.41. The third kappa shape index (κ3) is 4.06. The molecule has 1 aromatic carbocycles. The largest absolute Gasteiger partial charge is 0.342 e. The van der Waals surface area contributed by atoms with Crippen molar-refractivity contribution in [2.45, 2.75) is 25.3 Å². The molecule has 1 atom stereocenters. The van der Waals surface area contributed by atoms with Crippen LogP contribution in [0.4, 0.5) is 0 Å². The molecule has 0 heterocycles. The van der Waals surface area contributed by atoms with E-state index in [1.807, 2.05) is 18.2 Å². The van der Waals surface area contributed by atoms with Crippen molar-refractivity contribution in [1.29, 1.82) is 5.26 Å². The highest BCUT2D eigenvalue weighted by molar-refractivity contribution is 9.10. The van der Waals surface area contributed by atoms with Gasteiger partial charge in [-0.1, -0.05) is 34.5 Å². The zero-order valence-corrected chi connectivity index (χ0v) is 12.8. The summed E-state index contributed by atoms with van der Waals surface area (Å²) < 4.78 is 1.06. The SMILES string of the molecule is N#CCNC(=O)CN[C@H](c1ccc(Br)cc1)C1CCC1. The summed E-state index contributed by atoms with van der Waals surface area (Å²) in [5.74, 6) is 0.466. The molecule has 0 unspecified atom stereocenters. The maximum atomic E-state index is 11.6. The standard InChI is InChI=1S/C15H18BrN3O/c16-13-6-4-12(5-7-13)15(11-2-1-3-11)19-10-14(20)18-9-8-17/h4-7,11,15,19H,1-3,9-10H2,(H,18,20)/t15-/m0/s1. The van der Waals surface area contributed by atoms with Crippen LogP contribution in [0.2, 0.25) is 0 Å². The normalized spacial score (nSPS) is 16.0. The Bertz CT molecular complexity index is 491. The minimum absolute atomic E-state index is 0.0624. The fourth-order valence-corrected chi connectivity index (χ4v) is 2.67. The van der Waals surface area contributed by atoms with Crippen molar-refractivity contribution in [3.63, 3.8) is 0 Å². The number of nitrogens with zero attached hydrogens (tertiary/aromatic N) is 1. The van der Waals surface area contributed by atoms with Gasteiger partial charge in [0.05, 0.1) is 12.6 Å². The Labute approximate surface area is 127 Å². The molecule has 1 saturated carbocycles. The maximum Gasteiger partial charge on any atom is 0.234 e. The quantitative estimate of drug-likeness (QED) is 0.785. The lowest BCUT2D eigenvalue weighted by molar-refractivity contribution is -0.120. The number of amides is 1. The molecular formula is C15H18BrN3O. The third-order valence-electron chi connectivity index (χ3n) is 3.70. The Morgan fingerprint density at radius 3 is 2.65 bits per heavy atom. The molecule has 0 radical (unpaired) electrons. The van der Waals surface area contributed by atoms with Crippen molar-refractivity contribution in [3.05, 3.63) is 34.3 Å². The molecule has 0 spiro atoms. The predicted octanol–water partition coefficient (Wildman–Crippen LogP) is 2.52. The molecule has 1 fully saturated rings. The first-order chi connectivity index (χ1) is 9.70. The van der Waals surface area contributed by atoms with Gasteiger partial charge >= 0.3 is 0 Å². The molecule has 1 aromatic rings. The number of benzene rings is 1. The minimum atomic E-state index is -0.131. The van der Waals surface area contributed by atoms with Gasteiger partial charge in [0.2, 0.25) is 5.91 Å². The molecule has 2 N–H and O–H groups in total. The first-order valence-electron chi connectivity index (χ1n) is 6.83. The van der Waals surface area contributed by atoms with Crippen molar-refractivity contribution in [2.75, 3.05) is 13.1 Å². The molecule has 2 rings (SSSR count). The molecule has 20 heavy (non-hydrogen) atoms. The number of carbonyl (C=O) groups excluding carboxylic acids is 1. The molecule has 106 valence electrons. The minimum Gasteiger partial charge on any atom is -0.342 e. The highest BCUT2D eigenvalue weighted by Gasteiger charge is 2.28. The number of hydrogen-bond donors (Lipinski definition) is 2. The van der Waals surface area contributed by atoms with Crippen molar-refractivity contribution >= 4 is 21.8 Å². The summed E-state index contributed by atoms with van der Waals surface area (Å²) in [6.45, 7) is 0.311. The summed E-state index contributed by atoms with van der Waals surface area (Å²) in [6, 6.07) is 10.4. The summed E-state index contributed by atoms with van der Waals surface area (Å²) in [7, 11) is 0. The topological polar surface area (TPSA) is 64.9 Å². The van der Waals surface area contributed by atoms with Crippen LogP contribution in [0.1, 0.15) is 30.9 Å². The van der Waals surface area contributed by atoms with Gasteiger partial charge < -0.3 is 10.6 Å². The van der Waals surface area contributed by atoms with Crippen molar-refractivity contribution < 1.29 is 4.79 Å². The van der Waals surface area contributed by atoms with Crippen LogP contribution in [-0.4, -0.2) is 19.0 Å². The molecular weight excluding hydrogens is 318 g/mol. The molecule has 0 saturated heterocycles. The highest BCUT2D eigenvalue weighted by Crippen LogP contribution is 2.37. The van der Waals surface area contributed by atoms with E-state index in [2.05, 4.69) is 38.7 Å². The first-order valence-corrected chi connectivity index (χ1v) is 7.62. The zero-order valence-electron chi connectivity index (χ0n) is 11.2. The van der Waals surface area contributed by atoms with Gasteiger partial charge in [-0.15, -0.1) is 0 Å². The van der Waals surface area contributed by atoms with Crippen molar-refractivity contribution in [1.82, 2.24) is 10.6 Å². The Morgan fingerprint density at radius 1 is 1.40 bits per heavy atom. The zero-order chi connectivity index (χ0) is 14.4. The van der Waals surface area contributed by atoms with Gasteiger partial charge in [0.25, 0.3) is 0 Å². The van der Waals surface area contributed by atoms with Gasteiger partial charge in [0, 0.05) is 10.5 Å². The lowest BCUT2D eigenvalue weighted by Crippen LogP contribution is -2.39. The smallest absolute Gasteiger partial charge is 0.234 e. The van der Waals surface area contributed by atoms with Crippen LogP contribution in [-0.2, 0) is 4.79 Å². The molecule has 0 bridgehead atoms. The number of carbonyl (C=O) groups is 1. The van der Waals surface area contributed by atoms with Crippen LogP contribution in [0, 0.1) is 17.2 Å². The summed E-state index contributed by atoms with van der Waals surface area (Å²) in [4.78, 5) is 11.6. The van der Waals surface area contributed by atoms with E-state index in [1.54, 1.807) is 0 Å². The molecule has 1 aliphatic rings. The Hall–Kier alpha value is -1.38. The van der Waals surface area contributed by atoms with Crippen molar-refractivity contribution in [2.24, 2.45) is 5.92 Å². The van der Waals surface area contributed by atoms with Crippen LogP contribution < -0.4 is 10.6 Å². The summed E-state index contributed by atoms with van der Waals surface area (Å²) in [5.41, 5.74) is 1.21. The van der Waals surface area contributed by atoms with E-state index < -0.39 is 0 Å². The average molecular weight is 336 g/mol. The molecule has 1 aliphatic carbocycles. The van der Waals surface area contributed by atoms with Crippen LogP contribution >= 0.6 is 15.9 Å². The number of hydrogen-bond acceptors (Lipinski definition) is 3. The van der Waals surface area contributed by atoms with E-state index >= 15 is 0 Å². The lowest BCUT2D eigenvalue weighted by atomic mass is 9.77. The first kappa shape index (κ1) is 15.0. The van der Waals surface area contributed by atoms with Gasteiger partial charge in [-0.25, -0.2) is 0 Å². The number of rotatable bonds is 6. The van der Waals surface area contributed by atoms with Gasteiger partial charge in [0.1, 0.15) is 6.54 Å². The number of halogens is 1. The third-order valence-corrected chi connectivity index (χ3v) is 4.23. The summed E-state index contributed by atoms with van der Waals surface area (Å²) in [6.07, 6.45) is 3.67. The van der Waals surface area contributed by atoms with Crippen LogP contribution in [0.5, 0.6) is 0 Å². The molecule has 1 amide bonds. The predicted molar refractivity (Wildman–Crippen MR) is 80.8 cm³/mol. The van der Waals surface area contributed by atoms with E-state index in [4.69, 9.17) is 5.26 Å². The molecule has 5 heteroatoms. The van der Waals surface area contributed by atoms with Gasteiger partial charge in [-0.2, -0.15) is 5.26 Å². The van der Waals surface area contributed by atoms with E-state index in [1.165, 1.54) is 24.8 Å². The van der Waals surface area contributed by atoms with Gasteiger partial charge in [-0.3, -0.25) is 4.79 Å². The Balaban J connectivity index is 1.96. The molecule has 0 aromatic heterocycles. The maximum absolute atomic E-state index is 11.6. The number of nitrogens with one attached hydrogen (secondary N) is 2. The lowest BCUT2D eigenvalue weighted by Gasteiger charge is -2.34. The second-order valence-electron chi connectivity index (χ2n) is 5.04. The second-order valence-corrected chi connectivity index (χ2v) is 5.95. The number of nitriles is 1. The fraction of sp³-hybridized carbons (Fsp3) is 0.467. The highest BCUT2D eigenvalue weighted by atomic mass is 79.9. The monoisotopic (exact) mass is 335 g/mol. The Kier molecular flexibility index (Phi) is 5.57. The van der Waals surface area contributed by atoms with Gasteiger partial charge in [-0.05, 0) is 36.5 Å². The van der Waals surface area contributed by atoms with Crippen LogP contribution in [0.15, 0.2) is 28.7 Å². The summed E-state index contributed by atoms with van der Waals surface area (Å²) >= 11 is 3.44. The van der Waals surface area contributed by atoms with E-state index in [9.17, 15) is 4.79 Å². The van der Waals surface area contributed by atoms with E-state index in [0.29, 0.717) is 5.92 Å². The van der Waals surface area contributed by atoms with Crippen LogP contribution in [0.25, 0.3) is 0 Å².